The van der Waals surface area contributed by atoms with E-state index in [1.165, 1.54) is 0 Å². The Balaban J connectivity index is 2.27. The Bertz CT molecular complexity index is 452. The monoisotopic (exact) mass is 305 g/mol. The van der Waals surface area contributed by atoms with E-state index in [-0.39, 0.29) is 0 Å². The maximum absolute atomic E-state index is 12.2. The number of halogens is 1. The summed E-state index contributed by atoms with van der Waals surface area (Å²) in [6.07, 6.45) is 0. The number of rotatable bonds is 2. The number of nitrogens with two attached hydrogens (primary N) is 1. The SMILES string of the molecule is O=S(=O)(c1ccc(Br)cc1)N1CC[NH2+]CC1. The van der Waals surface area contributed by atoms with E-state index in [0.29, 0.717) is 18.0 Å². The Labute approximate surface area is 104 Å². The lowest BCUT2D eigenvalue weighted by Crippen LogP contribution is -2.89. The zero-order valence-electron chi connectivity index (χ0n) is 8.77. The minimum Gasteiger partial charge on any atom is -0.344 e. The summed E-state index contributed by atoms with van der Waals surface area (Å²) in [7, 11) is -3.29. The molecule has 2 rings (SSSR count). The molecule has 16 heavy (non-hydrogen) atoms. The first kappa shape index (κ1) is 12.0. The Hall–Kier alpha value is -0.430. The lowest BCUT2D eigenvalue weighted by molar-refractivity contribution is -0.661. The summed E-state index contributed by atoms with van der Waals surface area (Å²) in [5.41, 5.74) is 0. The zero-order chi connectivity index (χ0) is 11.6. The minimum absolute atomic E-state index is 0.373. The van der Waals surface area contributed by atoms with E-state index in [1.54, 1.807) is 28.6 Å². The third-order valence-electron chi connectivity index (χ3n) is 2.62. The van der Waals surface area contributed by atoms with Crippen molar-refractivity contribution in [2.75, 3.05) is 26.2 Å². The summed E-state index contributed by atoms with van der Waals surface area (Å²) in [4.78, 5) is 0.373. The molecular formula is C10H14BrN2O2S+. The van der Waals surface area contributed by atoms with Crippen molar-refractivity contribution in [3.63, 3.8) is 0 Å². The van der Waals surface area contributed by atoms with E-state index in [4.69, 9.17) is 0 Å². The van der Waals surface area contributed by atoms with Crippen molar-refractivity contribution in [3.05, 3.63) is 28.7 Å². The summed E-state index contributed by atoms with van der Waals surface area (Å²) >= 11 is 3.29. The van der Waals surface area contributed by atoms with E-state index in [1.807, 2.05) is 0 Å². The van der Waals surface area contributed by atoms with Crippen LogP contribution in [0.25, 0.3) is 0 Å². The number of hydrogen-bond acceptors (Lipinski definition) is 2. The number of sulfonamides is 1. The van der Waals surface area contributed by atoms with Crippen LogP contribution < -0.4 is 5.32 Å². The molecule has 0 bridgehead atoms. The lowest BCUT2D eigenvalue weighted by Gasteiger charge is -2.24. The first-order chi connectivity index (χ1) is 7.60. The predicted molar refractivity (Wildman–Crippen MR) is 64.6 cm³/mol. The fraction of sp³-hybridized carbons (Fsp3) is 0.400. The molecule has 4 nitrogen and oxygen atoms in total. The predicted octanol–water partition coefficient (Wildman–Crippen LogP) is 0.0168. The van der Waals surface area contributed by atoms with Gasteiger partial charge in [-0.25, -0.2) is 8.42 Å². The van der Waals surface area contributed by atoms with E-state index in [9.17, 15) is 8.42 Å². The van der Waals surface area contributed by atoms with E-state index >= 15 is 0 Å². The summed E-state index contributed by atoms with van der Waals surface area (Å²) in [6.45, 7) is 2.88. The molecule has 1 saturated heterocycles. The van der Waals surface area contributed by atoms with Crippen LogP contribution >= 0.6 is 15.9 Å². The van der Waals surface area contributed by atoms with Gasteiger partial charge in [-0.3, -0.25) is 0 Å². The van der Waals surface area contributed by atoms with Crippen molar-refractivity contribution in [1.82, 2.24) is 4.31 Å². The molecule has 1 fully saturated rings. The molecule has 0 aromatic heterocycles. The van der Waals surface area contributed by atoms with Crippen LogP contribution in [0.1, 0.15) is 0 Å². The molecule has 0 unspecified atom stereocenters. The van der Waals surface area contributed by atoms with Gasteiger partial charge in [-0.05, 0) is 24.3 Å². The van der Waals surface area contributed by atoms with Crippen LogP contribution in [0, 0.1) is 0 Å². The highest BCUT2D eigenvalue weighted by Gasteiger charge is 2.26. The second kappa shape index (κ2) is 4.83. The van der Waals surface area contributed by atoms with Gasteiger partial charge in [-0.15, -0.1) is 0 Å². The average molecular weight is 306 g/mol. The molecule has 0 aliphatic carbocycles. The molecule has 0 spiro atoms. The minimum atomic E-state index is -3.29. The second-order valence-corrected chi connectivity index (χ2v) is 6.58. The molecular weight excluding hydrogens is 292 g/mol. The van der Waals surface area contributed by atoms with E-state index < -0.39 is 10.0 Å². The topological polar surface area (TPSA) is 54.0 Å². The Morgan fingerprint density at radius 1 is 1.12 bits per heavy atom. The van der Waals surface area contributed by atoms with Gasteiger partial charge in [0, 0.05) is 4.47 Å². The van der Waals surface area contributed by atoms with Gasteiger partial charge < -0.3 is 5.32 Å². The molecule has 0 radical (unpaired) electrons. The summed E-state index contributed by atoms with van der Waals surface area (Å²) in [6, 6.07) is 6.78. The van der Waals surface area contributed by atoms with Crippen LogP contribution in [0.4, 0.5) is 0 Å². The molecule has 1 aliphatic heterocycles. The van der Waals surface area contributed by atoms with E-state index in [2.05, 4.69) is 21.2 Å². The molecule has 1 aromatic rings. The number of nitrogens with zero attached hydrogens (tertiary/aromatic N) is 1. The molecule has 0 amide bonds. The molecule has 1 aliphatic rings. The van der Waals surface area contributed by atoms with Crippen LogP contribution in [-0.2, 0) is 10.0 Å². The summed E-state index contributed by atoms with van der Waals surface area (Å²) in [5, 5.41) is 2.13. The Kier molecular flexibility index (Phi) is 3.63. The highest BCUT2D eigenvalue weighted by atomic mass is 79.9. The zero-order valence-corrected chi connectivity index (χ0v) is 11.2. The molecule has 0 atom stereocenters. The largest absolute Gasteiger partial charge is 0.344 e. The number of benzene rings is 1. The molecule has 2 N–H and O–H groups in total. The van der Waals surface area contributed by atoms with Gasteiger partial charge in [0.05, 0.1) is 31.1 Å². The number of hydrogen-bond donors (Lipinski definition) is 1. The van der Waals surface area contributed by atoms with Gasteiger partial charge in [0.25, 0.3) is 0 Å². The van der Waals surface area contributed by atoms with Gasteiger partial charge in [0.1, 0.15) is 0 Å². The number of piperazine rings is 1. The van der Waals surface area contributed by atoms with Crippen LogP contribution in [-0.4, -0.2) is 38.9 Å². The van der Waals surface area contributed by atoms with Gasteiger partial charge in [-0.1, -0.05) is 15.9 Å². The average Bonchev–Trinajstić information content (AvgIpc) is 2.31. The Morgan fingerprint density at radius 2 is 1.69 bits per heavy atom. The fourth-order valence-electron chi connectivity index (χ4n) is 1.72. The third kappa shape index (κ3) is 2.45. The maximum Gasteiger partial charge on any atom is 0.243 e. The van der Waals surface area contributed by atoms with Gasteiger partial charge in [0.2, 0.25) is 10.0 Å². The third-order valence-corrected chi connectivity index (χ3v) is 5.06. The summed E-state index contributed by atoms with van der Waals surface area (Å²) < 4.78 is 26.8. The van der Waals surface area contributed by atoms with Crippen LogP contribution in [0.15, 0.2) is 33.6 Å². The Morgan fingerprint density at radius 3 is 2.25 bits per heavy atom. The normalized spacial score (nSPS) is 18.6. The molecule has 0 saturated carbocycles. The van der Waals surface area contributed by atoms with Crippen molar-refractivity contribution in [1.29, 1.82) is 0 Å². The molecule has 1 heterocycles. The maximum atomic E-state index is 12.2. The standard InChI is InChI=1S/C10H13BrN2O2S/c11-9-1-3-10(4-2-9)16(14,15)13-7-5-12-6-8-13/h1-4,12H,5-8H2/p+1. The smallest absolute Gasteiger partial charge is 0.243 e. The number of quaternary nitrogens is 1. The lowest BCUT2D eigenvalue weighted by atomic mass is 10.4. The highest BCUT2D eigenvalue weighted by Crippen LogP contribution is 2.18. The van der Waals surface area contributed by atoms with Crippen molar-refractivity contribution in [3.8, 4) is 0 Å². The quantitative estimate of drug-likeness (QED) is 0.837. The van der Waals surface area contributed by atoms with Crippen molar-refractivity contribution >= 4 is 26.0 Å². The fourth-order valence-corrected chi connectivity index (χ4v) is 3.46. The first-order valence-electron chi connectivity index (χ1n) is 5.18. The molecule has 6 heteroatoms. The first-order valence-corrected chi connectivity index (χ1v) is 7.41. The van der Waals surface area contributed by atoms with Crippen molar-refractivity contribution < 1.29 is 13.7 Å². The molecule has 1 aromatic carbocycles. The van der Waals surface area contributed by atoms with Gasteiger partial charge >= 0.3 is 0 Å². The van der Waals surface area contributed by atoms with Gasteiger partial charge in [-0.2, -0.15) is 4.31 Å². The van der Waals surface area contributed by atoms with Crippen molar-refractivity contribution in [2.45, 2.75) is 4.90 Å². The van der Waals surface area contributed by atoms with Crippen LogP contribution in [0.3, 0.4) is 0 Å². The molecule has 88 valence electrons. The van der Waals surface area contributed by atoms with E-state index in [0.717, 1.165) is 17.6 Å². The second-order valence-electron chi connectivity index (χ2n) is 3.72. The summed E-state index contributed by atoms with van der Waals surface area (Å²) in [5.74, 6) is 0. The van der Waals surface area contributed by atoms with Crippen LogP contribution in [0.2, 0.25) is 0 Å². The van der Waals surface area contributed by atoms with Crippen LogP contribution in [0.5, 0.6) is 0 Å². The highest BCUT2D eigenvalue weighted by molar-refractivity contribution is 9.10. The van der Waals surface area contributed by atoms with Crippen molar-refractivity contribution in [2.24, 2.45) is 0 Å². The van der Waals surface area contributed by atoms with Gasteiger partial charge in [0.15, 0.2) is 0 Å².